The van der Waals surface area contributed by atoms with Crippen LogP contribution in [0.15, 0.2) is 42.5 Å². The van der Waals surface area contributed by atoms with Crippen molar-refractivity contribution in [3.8, 4) is 11.1 Å². The van der Waals surface area contributed by atoms with Gasteiger partial charge < -0.3 is 9.69 Å². The van der Waals surface area contributed by atoms with Crippen LogP contribution in [0.2, 0.25) is 0 Å². The summed E-state index contributed by atoms with van der Waals surface area (Å²) in [5, 5.41) is 0. The third kappa shape index (κ3) is 2.25. The lowest BCUT2D eigenvalue weighted by molar-refractivity contribution is -0.109. The van der Waals surface area contributed by atoms with E-state index in [-0.39, 0.29) is 6.04 Å². The van der Waals surface area contributed by atoms with Gasteiger partial charge in [-0.3, -0.25) is 0 Å². The van der Waals surface area contributed by atoms with E-state index in [1.165, 1.54) is 22.4 Å². The fraction of sp³-hybridized carbons (Fsp3) is 0.316. The summed E-state index contributed by atoms with van der Waals surface area (Å²) in [4.78, 5) is 14.1. The molecule has 1 heterocycles. The molecule has 1 aliphatic rings. The predicted molar refractivity (Wildman–Crippen MR) is 87.7 cm³/mol. The lowest BCUT2D eigenvalue weighted by Crippen LogP contribution is -2.34. The summed E-state index contributed by atoms with van der Waals surface area (Å²) >= 11 is 0. The van der Waals surface area contributed by atoms with E-state index in [0.29, 0.717) is 0 Å². The van der Waals surface area contributed by atoms with Crippen molar-refractivity contribution < 1.29 is 4.79 Å². The van der Waals surface area contributed by atoms with Gasteiger partial charge in [0, 0.05) is 17.8 Å². The highest BCUT2D eigenvalue weighted by Crippen LogP contribution is 2.45. The molecule has 2 aromatic rings. The Labute approximate surface area is 126 Å². The lowest BCUT2D eigenvalue weighted by Gasteiger charge is -2.38. The number of aryl methyl sites for hydroxylation is 1. The van der Waals surface area contributed by atoms with Gasteiger partial charge in [-0.1, -0.05) is 55.8 Å². The quantitative estimate of drug-likeness (QED) is 0.767. The number of hydrogen-bond acceptors (Lipinski definition) is 2. The smallest absolute Gasteiger partial charge is 0.147 e. The van der Waals surface area contributed by atoms with E-state index in [1.807, 2.05) is 6.07 Å². The maximum atomic E-state index is 11.8. The van der Waals surface area contributed by atoms with Crippen LogP contribution < -0.4 is 4.90 Å². The number of nitrogens with zero attached hydrogens (tertiary/aromatic N) is 1. The Balaban J connectivity index is 2.22. The third-order valence-electron chi connectivity index (χ3n) is 4.31. The van der Waals surface area contributed by atoms with E-state index in [9.17, 15) is 4.79 Å². The summed E-state index contributed by atoms with van der Waals surface area (Å²) in [5.74, 6) is 0. The Morgan fingerprint density at radius 2 is 1.86 bits per heavy atom. The van der Waals surface area contributed by atoms with Crippen molar-refractivity contribution in [3.05, 3.63) is 53.6 Å². The molecule has 0 aromatic heterocycles. The molecule has 0 N–H and O–H groups in total. The zero-order valence-corrected chi connectivity index (χ0v) is 12.7. The second-order valence-electron chi connectivity index (χ2n) is 5.69. The highest BCUT2D eigenvalue weighted by atomic mass is 16.1. The van der Waals surface area contributed by atoms with Gasteiger partial charge in [0.2, 0.25) is 0 Å². The van der Waals surface area contributed by atoms with Crippen molar-refractivity contribution in [1.29, 1.82) is 0 Å². The number of unbranched alkanes of at least 4 members (excludes halogenated alkanes) is 1. The molecule has 0 fully saturated rings. The van der Waals surface area contributed by atoms with Crippen molar-refractivity contribution in [2.24, 2.45) is 0 Å². The Bertz CT molecular complexity index is 662. The number of anilines is 1. The molecule has 1 atom stereocenters. The lowest BCUT2D eigenvalue weighted by atomic mass is 9.87. The van der Waals surface area contributed by atoms with Crippen molar-refractivity contribution in [2.45, 2.75) is 32.7 Å². The number of hydrogen-bond donors (Lipinski definition) is 0. The van der Waals surface area contributed by atoms with Gasteiger partial charge in [-0.15, -0.1) is 0 Å². The number of carbonyl (C=O) groups is 1. The van der Waals surface area contributed by atoms with Crippen molar-refractivity contribution >= 4 is 12.0 Å². The van der Waals surface area contributed by atoms with E-state index in [0.717, 1.165) is 31.2 Å². The van der Waals surface area contributed by atoms with Crippen LogP contribution in [0.1, 0.15) is 36.9 Å². The molecule has 1 aliphatic heterocycles. The predicted octanol–water partition coefficient (Wildman–Crippen LogP) is 4.52. The molecule has 0 bridgehead atoms. The van der Waals surface area contributed by atoms with Crippen LogP contribution in [0.3, 0.4) is 0 Å². The maximum Gasteiger partial charge on any atom is 0.147 e. The van der Waals surface area contributed by atoms with Crippen LogP contribution in [-0.4, -0.2) is 12.8 Å². The maximum absolute atomic E-state index is 11.8. The highest BCUT2D eigenvalue weighted by molar-refractivity contribution is 5.91. The normalized spacial score (nSPS) is 16.3. The number of rotatable bonds is 4. The molecule has 0 saturated carbocycles. The third-order valence-corrected chi connectivity index (χ3v) is 4.31. The van der Waals surface area contributed by atoms with Crippen LogP contribution in [-0.2, 0) is 4.79 Å². The van der Waals surface area contributed by atoms with Gasteiger partial charge in [-0.05, 0) is 30.0 Å². The molecule has 2 aromatic carbocycles. The number of fused-ring (bicyclic) bond motifs is 3. The fourth-order valence-corrected chi connectivity index (χ4v) is 3.29. The van der Waals surface area contributed by atoms with Crippen LogP contribution >= 0.6 is 0 Å². The molecule has 0 saturated heterocycles. The van der Waals surface area contributed by atoms with Crippen molar-refractivity contribution in [2.75, 3.05) is 11.4 Å². The molecule has 0 aliphatic carbocycles. The first-order valence-corrected chi connectivity index (χ1v) is 7.68. The monoisotopic (exact) mass is 279 g/mol. The Hall–Kier alpha value is -2.09. The highest BCUT2D eigenvalue weighted by Gasteiger charge is 2.30. The minimum absolute atomic E-state index is 0.165. The minimum Gasteiger partial charge on any atom is -0.357 e. The number of carbonyl (C=O) groups excluding carboxylic acids is 1. The van der Waals surface area contributed by atoms with Gasteiger partial charge in [0.15, 0.2) is 0 Å². The zero-order chi connectivity index (χ0) is 14.8. The Morgan fingerprint density at radius 3 is 2.62 bits per heavy atom. The molecule has 2 heteroatoms. The molecule has 21 heavy (non-hydrogen) atoms. The average molecular weight is 279 g/mol. The summed E-state index contributed by atoms with van der Waals surface area (Å²) in [5.41, 5.74) is 6.04. The van der Waals surface area contributed by atoms with Gasteiger partial charge in [0.1, 0.15) is 12.3 Å². The van der Waals surface area contributed by atoms with Crippen LogP contribution in [0.5, 0.6) is 0 Å². The van der Waals surface area contributed by atoms with Crippen LogP contribution in [0.4, 0.5) is 5.69 Å². The van der Waals surface area contributed by atoms with Crippen molar-refractivity contribution in [3.63, 3.8) is 0 Å². The molecule has 0 amide bonds. The molecular weight excluding hydrogens is 258 g/mol. The summed E-state index contributed by atoms with van der Waals surface area (Å²) in [6, 6.07) is 14.5. The SMILES string of the molecule is CCCCN1c2c(C)cccc2-c2ccccc2C1C=O. The summed E-state index contributed by atoms with van der Waals surface area (Å²) in [7, 11) is 0. The first-order chi connectivity index (χ1) is 10.3. The van der Waals surface area contributed by atoms with Crippen molar-refractivity contribution in [1.82, 2.24) is 0 Å². The van der Waals surface area contributed by atoms with Gasteiger partial charge >= 0.3 is 0 Å². The summed E-state index contributed by atoms with van der Waals surface area (Å²) in [6.45, 7) is 5.24. The van der Waals surface area contributed by atoms with Gasteiger partial charge in [0.25, 0.3) is 0 Å². The number of benzene rings is 2. The van der Waals surface area contributed by atoms with Gasteiger partial charge in [0.05, 0.1) is 0 Å². The minimum atomic E-state index is -0.165. The average Bonchev–Trinajstić information content (AvgIpc) is 2.52. The summed E-state index contributed by atoms with van der Waals surface area (Å²) in [6.07, 6.45) is 3.31. The zero-order valence-electron chi connectivity index (χ0n) is 12.7. The molecule has 0 radical (unpaired) electrons. The van der Waals surface area contributed by atoms with E-state index in [4.69, 9.17) is 0 Å². The second kappa shape index (κ2) is 5.72. The van der Waals surface area contributed by atoms with E-state index >= 15 is 0 Å². The first kappa shape index (κ1) is 13.9. The van der Waals surface area contributed by atoms with E-state index in [1.54, 1.807) is 0 Å². The first-order valence-electron chi connectivity index (χ1n) is 7.68. The van der Waals surface area contributed by atoms with Gasteiger partial charge in [-0.25, -0.2) is 0 Å². The second-order valence-corrected chi connectivity index (χ2v) is 5.69. The summed E-state index contributed by atoms with van der Waals surface area (Å²) < 4.78 is 0. The molecule has 0 spiro atoms. The molecule has 108 valence electrons. The van der Waals surface area contributed by atoms with E-state index < -0.39 is 0 Å². The largest absolute Gasteiger partial charge is 0.357 e. The number of aldehydes is 1. The Kier molecular flexibility index (Phi) is 3.78. The number of para-hydroxylation sites is 1. The van der Waals surface area contributed by atoms with Crippen LogP contribution in [0, 0.1) is 6.92 Å². The van der Waals surface area contributed by atoms with E-state index in [2.05, 4.69) is 55.1 Å². The molecule has 1 unspecified atom stereocenters. The molecule has 2 nitrogen and oxygen atoms in total. The van der Waals surface area contributed by atoms with Crippen LogP contribution in [0.25, 0.3) is 11.1 Å². The molecule has 3 rings (SSSR count). The van der Waals surface area contributed by atoms with Gasteiger partial charge in [-0.2, -0.15) is 0 Å². The molecular formula is C19H21NO. The topological polar surface area (TPSA) is 20.3 Å². The fourth-order valence-electron chi connectivity index (χ4n) is 3.29. The Morgan fingerprint density at radius 1 is 1.10 bits per heavy atom. The standard InChI is InChI=1S/C19H21NO/c1-3-4-12-20-18(13-21)16-10-6-5-9-15(16)17-11-7-8-14(2)19(17)20/h5-11,13,18H,3-4,12H2,1-2H3.